The highest BCUT2D eigenvalue weighted by molar-refractivity contribution is 5.88. The van der Waals surface area contributed by atoms with Gasteiger partial charge in [-0.05, 0) is 138 Å². The lowest BCUT2D eigenvalue weighted by Crippen LogP contribution is -2.25. The van der Waals surface area contributed by atoms with E-state index in [0.717, 1.165) is 49.9 Å². The third-order valence-electron chi connectivity index (χ3n) is 10.8. The predicted octanol–water partition coefficient (Wildman–Crippen LogP) is 9.97. The number of rotatable bonds is 20. The van der Waals surface area contributed by atoms with Crippen molar-refractivity contribution in [2.24, 2.45) is 23.7 Å². The molecule has 0 heterocycles. The number of unbranched alkanes of at least 4 members (excludes halogenated alkanes) is 1. The zero-order chi connectivity index (χ0) is 35.6. The normalized spacial score (nSPS) is 22.2. The number of ether oxygens (including phenoxy) is 3. The summed E-state index contributed by atoms with van der Waals surface area (Å²) >= 11 is 0. The van der Waals surface area contributed by atoms with Gasteiger partial charge < -0.3 is 19.3 Å². The highest BCUT2D eigenvalue weighted by Crippen LogP contribution is 2.45. The van der Waals surface area contributed by atoms with E-state index in [0.29, 0.717) is 23.8 Å². The van der Waals surface area contributed by atoms with Gasteiger partial charge in [0.05, 0.1) is 37.8 Å². The second-order valence-electron chi connectivity index (χ2n) is 14.6. The number of hydrogen-bond acceptors (Lipinski definition) is 6. The number of aliphatic hydroxyl groups excluding tert-OH is 1. The molecule has 272 valence electrons. The number of esters is 2. The molecule has 49 heavy (non-hydrogen) atoms. The van der Waals surface area contributed by atoms with Gasteiger partial charge in [-0.15, -0.1) is 0 Å². The Morgan fingerprint density at radius 2 is 1.47 bits per heavy atom. The highest BCUT2D eigenvalue weighted by Gasteiger charge is 2.31. The lowest BCUT2D eigenvalue weighted by Gasteiger charge is -2.38. The summed E-state index contributed by atoms with van der Waals surface area (Å²) in [5.41, 5.74) is 4.59. The number of aliphatic hydroxyl groups is 1. The van der Waals surface area contributed by atoms with Crippen LogP contribution in [0.1, 0.15) is 128 Å². The maximum Gasteiger partial charge on any atom is 0.335 e. The summed E-state index contributed by atoms with van der Waals surface area (Å²) in [6, 6.07) is 9.06. The Labute approximate surface area is 297 Å². The number of carbonyl (C=O) groups excluding carboxylic acids is 2. The Kier molecular flexibility index (Phi) is 18.0. The van der Waals surface area contributed by atoms with Gasteiger partial charge in [-0.25, -0.2) is 9.59 Å². The lowest BCUT2D eigenvalue weighted by molar-refractivity contribution is -0.140. The van der Waals surface area contributed by atoms with Crippen LogP contribution < -0.4 is 0 Å². The van der Waals surface area contributed by atoms with Gasteiger partial charge >= 0.3 is 11.9 Å². The molecule has 0 amide bonds. The van der Waals surface area contributed by atoms with Gasteiger partial charge in [-0.1, -0.05) is 69.3 Å². The van der Waals surface area contributed by atoms with Crippen LogP contribution in [0.2, 0.25) is 0 Å². The predicted molar refractivity (Wildman–Crippen MR) is 199 cm³/mol. The summed E-state index contributed by atoms with van der Waals surface area (Å²) < 4.78 is 16.7. The van der Waals surface area contributed by atoms with Crippen molar-refractivity contribution in [1.29, 1.82) is 0 Å². The van der Waals surface area contributed by atoms with Crippen molar-refractivity contribution >= 4 is 11.9 Å². The first-order chi connectivity index (χ1) is 23.6. The van der Waals surface area contributed by atoms with Crippen molar-refractivity contribution in [2.75, 3.05) is 26.4 Å². The molecular weight excluding hydrogens is 612 g/mol. The smallest absolute Gasteiger partial charge is 0.335 e. The van der Waals surface area contributed by atoms with E-state index in [1.54, 1.807) is 6.92 Å². The summed E-state index contributed by atoms with van der Waals surface area (Å²) in [4.78, 5) is 23.9. The van der Waals surface area contributed by atoms with Crippen LogP contribution in [0, 0.1) is 23.7 Å². The molecule has 2 aliphatic rings. The molecule has 1 unspecified atom stereocenters. The van der Waals surface area contributed by atoms with E-state index >= 15 is 0 Å². The molecule has 2 fully saturated rings. The van der Waals surface area contributed by atoms with E-state index in [1.165, 1.54) is 74.5 Å². The largest absolute Gasteiger partial charge is 0.498 e. The molecule has 2 aliphatic carbocycles. The van der Waals surface area contributed by atoms with Crippen LogP contribution >= 0.6 is 0 Å². The second kappa shape index (κ2) is 21.9. The number of carbonyl (C=O) groups is 2. The lowest BCUT2D eigenvalue weighted by atomic mass is 9.67. The third-order valence-corrected chi connectivity index (χ3v) is 10.8. The minimum Gasteiger partial charge on any atom is -0.498 e. The van der Waals surface area contributed by atoms with Crippen molar-refractivity contribution in [2.45, 2.75) is 124 Å². The molecule has 0 aliphatic heterocycles. The van der Waals surface area contributed by atoms with E-state index in [4.69, 9.17) is 19.3 Å². The van der Waals surface area contributed by atoms with E-state index in [1.807, 2.05) is 0 Å². The van der Waals surface area contributed by atoms with Crippen molar-refractivity contribution in [1.82, 2.24) is 0 Å². The van der Waals surface area contributed by atoms with Gasteiger partial charge in [0, 0.05) is 12.0 Å². The van der Waals surface area contributed by atoms with Crippen molar-refractivity contribution in [3.63, 3.8) is 0 Å². The summed E-state index contributed by atoms with van der Waals surface area (Å²) in [7, 11) is 0. The molecule has 0 aromatic heterocycles. The number of benzene rings is 1. The van der Waals surface area contributed by atoms with Gasteiger partial charge in [-0.2, -0.15) is 0 Å². The summed E-state index contributed by atoms with van der Waals surface area (Å²) in [5.74, 6) is 3.31. The third kappa shape index (κ3) is 14.0. The first-order valence-electron chi connectivity index (χ1n) is 19.0. The fourth-order valence-corrected chi connectivity index (χ4v) is 7.47. The Hall–Kier alpha value is -3.12. The maximum atomic E-state index is 12.1. The van der Waals surface area contributed by atoms with Crippen LogP contribution in [0.3, 0.4) is 0 Å². The molecule has 0 saturated heterocycles. The van der Waals surface area contributed by atoms with Crippen LogP contribution in [0.15, 0.2) is 72.1 Å². The molecule has 6 heteroatoms. The van der Waals surface area contributed by atoms with Gasteiger partial charge in [-0.3, -0.25) is 0 Å². The molecule has 0 bridgehead atoms. The molecular formula is C43H64O6. The maximum absolute atomic E-state index is 12.1. The minimum absolute atomic E-state index is 0.0460. The van der Waals surface area contributed by atoms with E-state index in [9.17, 15) is 9.59 Å². The first-order valence-corrected chi connectivity index (χ1v) is 19.0. The fourth-order valence-electron chi connectivity index (χ4n) is 7.47. The quantitative estimate of drug-likeness (QED) is 0.0487. The monoisotopic (exact) mass is 676 g/mol. The Balaban J connectivity index is 1.45. The van der Waals surface area contributed by atoms with Crippen LogP contribution in [0.4, 0.5) is 0 Å². The minimum atomic E-state index is -0.578. The SMILES string of the molecule is C=C(C)C(=O)OCC(CCCOC(=O)C(=C)CO)Cc1ccc(C2CCC(C3CCC(/C(C)=C/C=C(\CC)OCCCC)CC3)CC2)cc1. The first kappa shape index (κ1) is 40.3. The average Bonchev–Trinajstić information content (AvgIpc) is 3.13. The summed E-state index contributed by atoms with van der Waals surface area (Å²) in [6.45, 7) is 16.5. The van der Waals surface area contributed by atoms with Gasteiger partial charge in [0.2, 0.25) is 0 Å². The molecule has 1 atom stereocenters. The standard InChI is InChI=1S/C43H64O6/c1-7-9-26-47-41(8-2)25-12-32(5)36-17-19-38(20-18-36)40-23-21-39(22-24-40)37-15-13-34(14-16-37)28-35(30-49-42(45)31(3)4)11-10-27-48-43(46)33(6)29-44/h12-16,25,35-36,38-40,44H,3,6-11,17-24,26-30H2,1-2,4-5H3/b32-12+,41-25+. The molecule has 0 radical (unpaired) electrons. The summed E-state index contributed by atoms with van der Waals surface area (Å²) in [6.07, 6.45) is 20.5. The molecule has 1 N–H and O–H groups in total. The second-order valence-corrected chi connectivity index (χ2v) is 14.6. The van der Waals surface area contributed by atoms with Crippen molar-refractivity contribution < 1.29 is 28.9 Å². The van der Waals surface area contributed by atoms with E-state index < -0.39 is 12.6 Å². The zero-order valence-electron chi connectivity index (χ0n) is 31.0. The van der Waals surface area contributed by atoms with Crippen molar-refractivity contribution in [3.8, 4) is 0 Å². The van der Waals surface area contributed by atoms with Crippen LogP contribution in [-0.2, 0) is 30.2 Å². The number of allylic oxidation sites excluding steroid dienone is 4. The Morgan fingerprint density at radius 3 is 2.06 bits per heavy atom. The summed E-state index contributed by atoms with van der Waals surface area (Å²) in [5, 5.41) is 9.06. The topological polar surface area (TPSA) is 82.1 Å². The molecule has 2 saturated carbocycles. The zero-order valence-corrected chi connectivity index (χ0v) is 31.0. The average molecular weight is 677 g/mol. The van der Waals surface area contributed by atoms with Gasteiger partial charge in [0.15, 0.2) is 0 Å². The van der Waals surface area contributed by atoms with E-state index in [2.05, 4.69) is 70.3 Å². The molecule has 6 nitrogen and oxygen atoms in total. The Morgan fingerprint density at radius 1 is 0.837 bits per heavy atom. The van der Waals surface area contributed by atoms with Gasteiger partial charge in [0.1, 0.15) is 0 Å². The van der Waals surface area contributed by atoms with Crippen LogP contribution in [-0.4, -0.2) is 43.5 Å². The fraction of sp³-hybridized carbons (Fsp3) is 0.628. The number of hydrogen-bond donors (Lipinski definition) is 1. The highest BCUT2D eigenvalue weighted by atomic mass is 16.5. The van der Waals surface area contributed by atoms with Crippen LogP contribution in [0.5, 0.6) is 0 Å². The van der Waals surface area contributed by atoms with Gasteiger partial charge in [0.25, 0.3) is 0 Å². The van der Waals surface area contributed by atoms with Crippen molar-refractivity contribution in [3.05, 3.63) is 83.2 Å². The van der Waals surface area contributed by atoms with E-state index in [-0.39, 0.29) is 30.7 Å². The molecule has 1 aromatic rings. The molecule has 1 aromatic carbocycles. The molecule has 0 spiro atoms. The Bertz CT molecular complexity index is 1240. The van der Waals surface area contributed by atoms with Crippen LogP contribution in [0.25, 0.3) is 0 Å². The molecule has 3 rings (SSSR count).